The Hall–Kier alpha value is -2.18. The molecule has 1 aliphatic rings. The van der Waals surface area contributed by atoms with Crippen LogP contribution in [0.3, 0.4) is 0 Å². The van der Waals surface area contributed by atoms with E-state index in [2.05, 4.69) is 17.2 Å². The molecular formula is C14H19N3O4. The molecule has 0 radical (unpaired) electrons. The molecule has 0 spiro atoms. The van der Waals surface area contributed by atoms with E-state index in [0.29, 0.717) is 6.54 Å². The van der Waals surface area contributed by atoms with E-state index in [4.69, 9.17) is 5.11 Å². The summed E-state index contributed by atoms with van der Waals surface area (Å²) in [5, 5.41) is 23.0. The van der Waals surface area contributed by atoms with Gasteiger partial charge in [0.1, 0.15) is 0 Å². The molecule has 0 aliphatic heterocycles. The fourth-order valence-electron chi connectivity index (χ4n) is 2.90. The predicted octanol–water partition coefficient (Wildman–Crippen LogP) is 3.07. The van der Waals surface area contributed by atoms with Crippen molar-refractivity contribution >= 4 is 17.5 Å². The second-order valence-corrected chi connectivity index (χ2v) is 5.57. The quantitative estimate of drug-likeness (QED) is 0.616. The highest BCUT2D eigenvalue weighted by Gasteiger charge is 2.32. The second-order valence-electron chi connectivity index (χ2n) is 5.57. The van der Waals surface area contributed by atoms with Gasteiger partial charge < -0.3 is 10.4 Å². The van der Waals surface area contributed by atoms with Crippen molar-refractivity contribution in [2.24, 2.45) is 5.41 Å². The monoisotopic (exact) mass is 293 g/mol. The van der Waals surface area contributed by atoms with Crippen LogP contribution in [0.1, 0.15) is 49.4 Å². The average Bonchev–Trinajstić information content (AvgIpc) is 2.94. The molecule has 1 aliphatic carbocycles. The minimum atomic E-state index is -1.22. The van der Waals surface area contributed by atoms with Gasteiger partial charge in [-0.25, -0.2) is 9.78 Å². The van der Waals surface area contributed by atoms with Gasteiger partial charge >= 0.3 is 11.7 Å². The zero-order valence-corrected chi connectivity index (χ0v) is 12.0. The van der Waals surface area contributed by atoms with E-state index in [1.54, 1.807) is 0 Å². The molecular weight excluding hydrogens is 274 g/mol. The van der Waals surface area contributed by atoms with Crippen molar-refractivity contribution in [1.29, 1.82) is 0 Å². The van der Waals surface area contributed by atoms with Gasteiger partial charge in [-0.05, 0) is 24.7 Å². The van der Waals surface area contributed by atoms with Crippen LogP contribution in [-0.4, -0.2) is 27.5 Å². The topological polar surface area (TPSA) is 105 Å². The van der Waals surface area contributed by atoms with Crippen LogP contribution < -0.4 is 5.32 Å². The fourth-order valence-corrected chi connectivity index (χ4v) is 2.90. The highest BCUT2D eigenvalue weighted by molar-refractivity contribution is 5.88. The van der Waals surface area contributed by atoms with Gasteiger partial charge in [0.25, 0.3) is 0 Å². The molecule has 0 unspecified atom stereocenters. The maximum Gasteiger partial charge on any atom is 0.337 e. The van der Waals surface area contributed by atoms with Crippen LogP contribution in [0.5, 0.6) is 0 Å². The maximum atomic E-state index is 11.1. The van der Waals surface area contributed by atoms with E-state index < -0.39 is 10.9 Å². The summed E-state index contributed by atoms with van der Waals surface area (Å²) < 4.78 is 0. The maximum absolute atomic E-state index is 11.1. The van der Waals surface area contributed by atoms with Gasteiger partial charge in [0.05, 0.1) is 10.5 Å². The Morgan fingerprint density at radius 3 is 2.71 bits per heavy atom. The molecule has 2 rings (SSSR count). The summed E-state index contributed by atoms with van der Waals surface area (Å²) in [7, 11) is 0. The lowest BCUT2D eigenvalue weighted by Crippen LogP contribution is -2.26. The SMILES string of the molecule is CCC1(CNc2ncc(C(=O)O)cc2[N+](=O)[O-])CCCC1. The number of nitrogens with zero attached hydrogens (tertiary/aromatic N) is 2. The minimum absolute atomic E-state index is 0.143. The normalized spacial score (nSPS) is 16.6. The third-order valence-corrected chi connectivity index (χ3v) is 4.36. The van der Waals surface area contributed by atoms with Gasteiger partial charge in [-0.3, -0.25) is 10.1 Å². The largest absolute Gasteiger partial charge is 0.478 e. The lowest BCUT2D eigenvalue weighted by atomic mass is 9.83. The first-order valence-electron chi connectivity index (χ1n) is 7.09. The first-order valence-corrected chi connectivity index (χ1v) is 7.09. The molecule has 1 fully saturated rings. The lowest BCUT2D eigenvalue weighted by molar-refractivity contribution is -0.384. The molecule has 1 saturated carbocycles. The number of hydrogen-bond acceptors (Lipinski definition) is 5. The molecule has 114 valence electrons. The summed E-state index contributed by atoms with van der Waals surface area (Å²) in [6.45, 7) is 2.76. The molecule has 1 heterocycles. The number of carboxylic acids is 1. The Morgan fingerprint density at radius 2 is 2.19 bits per heavy atom. The van der Waals surface area contributed by atoms with Crippen LogP contribution in [-0.2, 0) is 0 Å². The van der Waals surface area contributed by atoms with Crippen LogP contribution in [0.2, 0.25) is 0 Å². The molecule has 21 heavy (non-hydrogen) atoms. The van der Waals surface area contributed by atoms with Crippen molar-refractivity contribution in [1.82, 2.24) is 4.98 Å². The molecule has 2 N–H and O–H groups in total. The number of hydrogen-bond donors (Lipinski definition) is 2. The summed E-state index contributed by atoms with van der Waals surface area (Å²) in [5.41, 5.74) is -0.307. The molecule has 0 saturated heterocycles. The highest BCUT2D eigenvalue weighted by Crippen LogP contribution is 2.41. The van der Waals surface area contributed by atoms with Crippen molar-refractivity contribution in [2.45, 2.75) is 39.0 Å². The molecule has 7 nitrogen and oxygen atoms in total. The van der Waals surface area contributed by atoms with E-state index in [0.717, 1.165) is 31.5 Å². The average molecular weight is 293 g/mol. The van der Waals surface area contributed by atoms with Crippen LogP contribution in [0.15, 0.2) is 12.3 Å². The zero-order chi connectivity index (χ0) is 15.5. The summed E-state index contributed by atoms with van der Waals surface area (Å²) in [6, 6.07) is 1.05. The summed E-state index contributed by atoms with van der Waals surface area (Å²) in [6.07, 6.45) is 6.74. The number of nitrogens with one attached hydrogen (secondary N) is 1. The molecule has 1 aromatic heterocycles. The smallest absolute Gasteiger partial charge is 0.337 e. The number of nitro groups is 1. The van der Waals surface area contributed by atoms with E-state index in [9.17, 15) is 14.9 Å². The van der Waals surface area contributed by atoms with Crippen molar-refractivity contribution in [3.05, 3.63) is 27.9 Å². The van der Waals surface area contributed by atoms with Crippen molar-refractivity contribution in [3.8, 4) is 0 Å². The minimum Gasteiger partial charge on any atom is -0.478 e. The third-order valence-electron chi connectivity index (χ3n) is 4.36. The van der Waals surface area contributed by atoms with Gasteiger partial charge in [-0.15, -0.1) is 0 Å². The van der Waals surface area contributed by atoms with Gasteiger partial charge in [-0.1, -0.05) is 19.8 Å². The summed E-state index contributed by atoms with van der Waals surface area (Å²) >= 11 is 0. The Bertz CT molecular complexity index is 553. The first kappa shape index (κ1) is 15.2. The molecule has 0 aromatic carbocycles. The Kier molecular flexibility index (Phi) is 4.40. The number of anilines is 1. The van der Waals surface area contributed by atoms with Gasteiger partial charge in [0.15, 0.2) is 0 Å². The van der Waals surface area contributed by atoms with Crippen molar-refractivity contribution in [2.75, 3.05) is 11.9 Å². The van der Waals surface area contributed by atoms with Gasteiger partial charge in [0, 0.05) is 18.8 Å². The molecule has 7 heteroatoms. The second kappa shape index (κ2) is 6.07. The molecule has 1 aromatic rings. The van der Waals surface area contributed by atoms with E-state index in [1.807, 2.05) is 0 Å². The summed E-state index contributed by atoms with van der Waals surface area (Å²) in [5.74, 6) is -1.08. The van der Waals surface area contributed by atoms with Crippen molar-refractivity contribution in [3.63, 3.8) is 0 Å². The third kappa shape index (κ3) is 3.29. The summed E-state index contributed by atoms with van der Waals surface area (Å²) in [4.78, 5) is 25.3. The Labute approximate surface area is 122 Å². The van der Waals surface area contributed by atoms with Crippen LogP contribution >= 0.6 is 0 Å². The standard InChI is InChI=1S/C14H19N3O4/c1-2-14(5-3-4-6-14)9-16-12-11(17(20)21)7-10(8-15-12)13(18)19/h7-8H,2-6,9H2,1H3,(H,15,16)(H,18,19). The van der Waals surface area contributed by atoms with Crippen LogP contribution in [0.4, 0.5) is 11.5 Å². The van der Waals surface area contributed by atoms with E-state index in [-0.39, 0.29) is 22.5 Å². The van der Waals surface area contributed by atoms with Gasteiger partial charge in [-0.2, -0.15) is 0 Å². The zero-order valence-electron chi connectivity index (χ0n) is 12.0. The van der Waals surface area contributed by atoms with Crippen LogP contribution in [0.25, 0.3) is 0 Å². The number of aromatic carboxylic acids is 1. The van der Waals surface area contributed by atoms with Gasteiger partial charge in [0.2, 0.25) is 5.82 Å². The lowest BCUT2D eigenvalue weighted by Gasteiger charge is -2.27. The number of rotatable bonds is 6. The molecule has 0 amide bonds. The highest BCUT2D eigenvalue weighted by atomic mass is 16.6. The number of carbonyl (C=O) groups is 1. The Morgan fingerprint density at radius 1 is 1.52 bits per heavy atom. The van der Waals surface area contributed by atoms with E-state index in [1.165, 1.54) is 12.8 Å². The molecule has 0 atom stereocenters. The number of pyridine rings is 1. The first-order chi connectivity index (χ1) is 9.97. The number of aromatic nitrogens is 1. The predicted molar refractivity (Wildman–Crippen MR) is 77.5 cm³/mol. The van der Waals surface area contributed by atoms with Crippen LogP contribution in [0, 0.1) is 15.5 Å². The Balaban J connectivity index is 2.19. The fraction of sp³-hybridized carbons (Fsp3) is 0.571. The number of carboxylic acid groups (broad SMARTS) is 1. The van der Waals surface area contributed by atoms with Crippen molar-refractivity contribution < 1.29 is 14.8 Å². The molecule has 0 bridgehead atoms. The van der Waals surface area contributed by atoms with E-state index >= 15 is 0 Å².